The van der Waals surface area contributed by atoms with Crippen LogP contribution in [0.15, 0.2) is 12.1 Å². The number of nitrogen functional groups attached to an aromatic ring is 1. The molecule has 146 valence electrons. The van der Waals surface area contributed by atoms with Gasteiger partial charge in [0.05, 0.1) is 23.6 Å². The minimum atomic E-state index is -0.236. The number of aryl methyl sites for hydroxylation is 1. The molecule has 0 aromatic heterocycles. The van der Waals surface area contributed by atoms with E-state index in [1.807, 2.05) is 6.07 Å². The first-order valence-electron chi connectivity index (χ1n) is 10.1. The first kappa shape index (κ1) is 19.4. The van der Waals surface area contributed by atoms with E-state index in [9.17, 15) is 4.39 Å². The molecule has 5 heteroatoms. The Morgan fingerprint density at radius 3 is 2.38 bits per heavy atom. The third-order valence-electron chi connectivity index (χ3n) is 5.84. The van der Waals surface area contributed by atoms with Crippen molar-refractivity contribution >= 4 is 11.4 Å². The number of ether oxygens (including phenoxy) is 1. The Hall–Kier alpha value is -1.33. The summed E-state index contributed by atoms with van der Waals surface area (Å²) in [5.74, 6) is -0.236. The molecule has 2 fully saturated rings. The van der Waals surface area contributed by atoms with Gasteiger partial charge in [0.25, 0.3) is 0 Å². The topological polar surface area (TPSA) is 50.5 Å². The van der Waals surface area contributed by atoms with E-state index in [1.165, 1.54) is 31.7 Å². The zero-order valence-corrected chi connectivity index (χ0v) is 16.4. The number of hydrogen-bond acceptors (Lipinski definition) is 4. The first-order chi connectivity index (χ1) is 12.4. The van der Waals surface area contributed by atoms with Crippen LogP contribution in [0.1, 0.15) is 57.9 Å². The predicted molar refractivity (Wildman–Crippen MR) is 106 cm³/mol. The van der Waals surface area contributed by atoms with Crippen molar-refractivity contribution in [3.63, 3.8) is 0 Å². The Kier molecular flexibility index (Phi) is 6.41. The fourth-order valence-corrected chi connectivity index (χ4v) is 4.38. The van der Waals surface area contributed by atoms with Crippen LogP contribution in [-0.4, -0.2) is 42.3 Å². The summed E-state index contributed by atoms with van der Waals surface area (Å²) in [5.41, 5.74) is 7.98. The third kappa shape index (κ3) is 4.89. The minimum Gasteiger partial charge on any atom is -0.397 e. The second kappa shape index (κ2) is 8.57. The number of halogens is 1. The van der Waals surface area contributed by atoms with E-state index in [2.05, 4.69) is 24.1 Å². The maximum Gasteiger partial charge on any atom is 0.128 e. The Bertz CT molecular complexity index is 591. The van der Waals surface area contributed by atoms with Gasteiger partial charge in [-0.25, -0.2) is 4.39 Å². The first-order valence-corrected chi connectivity index (χ1v) is 10.1. The fraction of sp³-hybridized carbons (Fsp3) is 0.714. The normalized spacial score (nSPS) is 25.6. The molecule has 0 bridgehead atoms. The Morgan fingerprint density at radius 1 is 1.12 bits per heavy atom. The standard InChI is InChI=1S/C21H34FN3O/c1-14(2)26-18-6-4-17(5-7-18)25-10-8-16(9-11-25)24-21-12-15(3)19(22)13-20(21)23/h12-14,16-18,24H,4-11,23H2,1-3H3/t17-,18-. The van der Waals surface area contributed by atoms with Crippen LogP contribution in [0.2, 0.25) is 0 Å². The third-order valence-corrected chi connectivity index (χ3v) is 5.84. The number of rotatable bonds is 5. The van der Waals surface area contributed by atoms with Crippen LogP contribution < -0.4 is 11.1 Å². The van der Waals surface area contributed by atoms with Crippen LogP contribution in [0.5, 0.6) is 0 Å². The summed E-state index contributed by atoms with van der Waals surface area (Å²) in [6.45, 7) is 8.27. The van der Waals surface area contributed by atoms with Gasteiger partial charge in [-0.05, 0) is 77.0 Å². The largest absolute Gasteiger partial charge is 0.397 e. The molecular weight excluding hydrogens is 329 g/mol. The van der Waals surface area contributed by atoms with Gasteiger partial charge >= 0.3 is 0 Å². The van der Waals surface area contributed by atoms with E-state index < -0.39 is 0 Å². The molecule has 26 heavy (non-hydrogen) atoms. The maximum atomic E-state index is 13.6. The zero-order chi connectivity index (χ0) is 18.7. The van der Waals surface area contributed by atoms with Gasteiger partial charge in [0.2, 0.25) is 0 Å². The van der Waals surface area contributed by atoms with Crippen LogP contribution in [0.25, 0.3) is 0 Å². The van der Waals surface area contributed by atoms with Crippen molar-refractivity contribution in [1.29, 1.82) is 0 Å². The Balaban J connectivity index is 1.46. The molecule has 0 spiro atoms. The minimum absolute atomic E-state index is 0.236. The van der Waals surface area contributed by atoms with E-state index >= 15 is 0 Å². The van der Waals surface area contributed by atoms with Crippen molar-refractivity contribution < 1.29 is 9.13 Å². The number of likely N-dealkylation sites (tertiary alicyclic amines) is 1. The highest BCUT2D eigenvalue weighted by molar-refractivity contribution is 5.67. The molecule has 1 aliphatic carbocycles. The number of piperidine rings is 1. The maximum absolute atomic E-state index is 13.6. The summed E-state index contributed by atoms with van der Waals surface area (Å²) in [6, 6.07) is 4.37. The smallest absolute Gasteiger partial charge is 0.128 e. The monoisotopic (exact) mass is 363 g/mol. The number of benzene rings is 1. The van der Waals surface area contributed by atoms with Gasteiger partial charge in [-0.3, -0.25) is 0 Å². The quantitative estimate of drug-likeness (QED) is 0.765. The molecule has 0 amide bonds. The van der Waals surface area contributed by atoms with E-state index in [4.69, 9.17) is 10.5 Å². The molecule has 1 heterocycles. The number of nitrogens with zero attached hydrogens (tertiary/aromatic N) is 1. The van der Waals surface area contributed by atoms with E-state index in [1.54, 1.807) is 6.92 Å². The second-order valence-corrected chi connectivity index (χ2v) is 8.26. The summed E-state index contributed by atoms with van der Waals surface area (Å²) in [4.78, 5) is 2.66. The Labute approximate surface area is 157 Å². The highest BCUT2D eigenvalue weighted by Crippen LogP contribution is 2.30. The van der Waals surface area contributed by atoms with Crippen LogP contribution in [0.3, 0.4) is 0 Å². The van der Waals surface area contributed by atoms with Crippen molar-refractivity contribution in [3.8, 4) is 0 Å². The molecule has 3 N–H and O–H groups in total. The van der Waals surface area contributed by atoms with E-state index in [0.717, 1.165) is 31.6 Å². The lowest BCUT2D eigenvalue weighted by Crippen LogP contribution is -2.46. The fourth-order valence-electron chi connectivity index (χ4n) is 4.38. The number of anilines is 2. The molecule has 3 rings (SSSR count). The lowest BCUT2D eigenvalue weighted by atomic mass is 9.90. The molecule has 1 saturated carbocycles. The molecule has 1 aromatic carbocycles. The number of nitrogens with two attached hydrogens (primary N) is 1. The molecular formula is C21H34FN3O. The van der Waals surface area contributed by atoms with Crippen molar-refractivity contribution in [2.75, 3.05) is 24.1 Å². The van der Waals surface area contributed by atoms with Gasteiger partial charge in [0.1, 0.15) is 5.82 Å². The van der Waals surface area contributed by atoms with Gasteiger partial charge in [-0.1, -0.05) is 0 Å². The lowest BCUT2D eigenvalue weighted by molar-refractivity contribution is -0.0280. The molecule has 0 radical (unpaired) electrons. The zero-order valence-electron chi connectivity index (χ0n) is 16.4. The van der Waals surface area contributed by atoms with E-state index in [0.29, 0.717) is 35.5 Å². The highest BCUT2D eigenvalue weighted by atomic mass is 19.1. The van der Waals surface area contributed by atoms with Gasteiger partial charge in [-0.15, -0.1) is 0 Å². The van der Waals surface area contributed by atoms with Gasteiger partial charge in [-0.2, -0.15) is 0 Å². The average Bonchev–Trinajstić information content (AvgIpc) is 2.60. The van der Waals surface area contributed by atoms with Crippen molar-refractivity contribution in [3.05, 3.63) is 23.5 Å². The Morgan fingerprint density at radius 2 is 1.77 bits per heavy atom. The SMILES string of the molecule is Cc1cc(NC2CCN([C@H]3CC[C@H](OC(C)C)CC3)CC2)c(N)cc1F. The van der Waals surface area contributed by atoms with Crippen LogP contribution in [-0.2, 0) is 4.74 Å². The van der Waals surface area contributed by atoms with Crippen LogP contribution in [0.4, 0.5) is 15.8 Å². The second-order valence-electron chi connectivity index (χ2n) is 8.26. The van der Waals surface area contributed by atoms with Gasteiger partial charge in [0, 0.05) is 25.2 Å². The van der Waals surface area contributed by atoms with Crippen LogP contribution >= 0.6 is 0 Å². The predicted octanol–water partition coefficient (Wildman–Crippen LogP) is 4.33. The van der Waals surface area contributed by atoms with Crippen LogP contribution in [0, 0.1) is 12.7 Å². The average molecular weight is 364 g/mol. The molecule has 1 saturated heterocycles. The highest BCUT2D eigenvalue weighted by Gasteiger charge is 2.29. The van der Waals surface area contributed by atoms with Gasteiger partial charge in [0.15, 0.2) is 0 Å². The summed E-state index contributed by atoms with van der Waals surface area (Å²) >= 11 is 0. The van der Waals surface area contributed by atoms with Crippen molar-refractivity contribution in [2.24, 2.45) is 0 Å². The molecule has 1 aromatic rings. The van der Waals surface area contributed by atoms with E-state index in [-0.39, 0.29) is 5.82 Å². The summed E-state index contributed by atoms with van der Waals surface area (Å²) in [7, 11) is 0. The van der Waals surface area contributed by atoms with Gasteiger partial charge < -0.3 is 20.7 Å². The molecule has 1 aliphatic heterocycles. The summed E-state index contributed by atoms with van der Waals surface area (Å²) in [6.07, 6.45) is 7.88. The molecule has 0 unspecified atom stereocenters. The summed E-state index contributed by atoms with van der Waals surface area (Å²) < 4.78 is 19.5. The van der Waals surface area contributed by atoms with Crippen molar-refractivity contribution in [1.82, 2.24) is 4.90 Å². The lowest BCUT2D eigenvalue weighted by Gasteiger charge is -2.41. The molecule has 4 nitrogen and oxygen atoms in total. The molecule has 0 atom stereocenters. The van der Waals surface area contributed by atoms with Crippen molar-refractivity contribution in [2.45, 2.75) is 83.6 Å². The number of nitrogens with one attached hydrogen (secondary N) is 1. The number of hydrogen-bond donors (Lipinski definition) is 2. The molecule has 2 aliphatic rings. The summed E-state index contributed by atoms with van der Waals surface area (Å²) in [5, 5.41) is 3.53.